The number of halogens is 4. The summed E-state index contributed by atoms with van der Waals surface area (Å²) < 4.78 is 57.9. The van der Waals surface area contributed by atoms with Gasteiger partial charge in [0.2, 0.25) is 0 Å². The molecule has 0 fully saturated rings. The lowest BCUT2D eigenvalue weighted by atomic mass is 9.97. The monoisotopic (exact) mass is 408 g/mol. The van der Waals surface area contributed by atoms with E-state index in [0.29, 0.717) is 25.2 Å². The first kappa shape index (κ1) is 20.7. The van der Waals surface area contributed by atoms with E-state index in [9.17, 15) is 17.6 Å². The number of nitrogens with one attached hydrogen (secondary N) is 2. The van der Waals surface area contributed by atoms with Gasteiger partial charge in [0.1, 0.15) is 23.8 Å². The number of ether oxygens (including phenoxy) is 1. The Morgan fingerprint density at radius 3 is 2.59 bits per heavy atom. The maximum Gasteiger partial charge on any atom is 0.416 e. The van der Waals surface area contributed by atoms with Gasteiger partial charge >= 0.3 is 6.18 Å². The number of hydrogen-bond acceptors (Lipinski definition) is 3. The van der Waals surface area contributed by atoms with Crippen LogP contribution < -0.4 is 21.1 Å². The lowest BCUT2D eigenvalue weighted by Crippen LogP contribution is -2.61. The Morgan fingerprint density at radius 1 is 1.10 bits per heavy atom. The van der Waals surface area contributed by atoms with E-state index in [4.69, 9.17) is 10.5 Å². The summed E-state index contributed by atoms with van der Waals surface area (Å²) in [6, 6.07) is 11.6. The van der Waals surface area contributed by atoms with E-state index in [1.807, 2.05) is 30.3 Å². The Kier molecular flexibility index (Phi) is 6.07. The molecule has 0 aromatic heterocycles. The topological polar surface area (TPSA) is 71.7 Å². The molecule has 154 valence electrons. The highest BCUT2D eigenvalue weighted by Crippen LogP contribution is 2.31. The van der Waals surface area contributed by atoms with E-state index in [1.54, 1.807) is 6.08 Å². The Labute approximate surface area is 165 Å². The Balaban J connectivity index is 1.62. The van der Waals surface area contributed by atoms with Crippen molar-refractivity contribution >= 4 is 5.96 Å². The molecule has 0 aliphatic carbocycles. The molecule has 0 spiro atoms. The van der Waals surface area contributed by atoms with Gasteiger partial charge < -0.3 is 21.1 Å². The van der Waals surface area contributed by atoms with Crippen LogP contribution in [0.3, 0.4) is 0 Å². The molecule has 0 amide bonds. The van der Waals surface area contributed by atoms with Crippen molar-refractivity contribution in [3.63, 3.8) is 0 Å². The standard InChI is InChI=1S/C20H20F4N4O/c21-16-11-14(10-15(12-16)20(22,23)24)13-19(25)6-7-26-18(28-19)27-8-9-29-17-4-2-1-3-5-17/h1-7,10-12H,8-9,13,25H2,(H2,26,27,28). The van der Waals surface area contributed by atoms with Crippen molar-refractivity contribution in [2.45, 2.75) is 18.3 Å². The molecule has 2 aromatic rings. The smallest absolute Gasteiger partial charge is 0.416 e. The van der Waals surface area contributed by atoms with E-state index in [0.717, 1.165) is 17.9 Å². The summed E-state index contributed by atoms with van der Waals surface area (Å²) >= 11 is 0. The van der Waals surface area contributed by atoms with E-state index in [-0.39, 0.29) is 12.0 Å². The quantitative estimate of drug-likeness (QED) is 0.507. The SMILES string of the molecule is NC1(Cc2cc(F)cc(C(F)(F)F)c2)C=CNC(=NCCOc2ccccc2)N1. The molecule has 0 saturated heterocycles. The van der Waals surface area contributed by atoms with Crippen molar-refractivity contribution in [3.8, 4) is 5.75 Å². The summed E-state index contributed by atoms with van der Waals surface area (Å²) in [6.07, 6.45) is -1.62. The number of benzene rings is 2. The van der Waals surface area contributed by atoms with Crippen LogP contribution >= 0.6 is 0 Å². The highest BCUT2D eigenvalue weighted by atomic mass is 19.4. The van der Waals surface area contributed by atoms with Crippen LogP contribution in [0, 0.1) is 5.82 Å². The Hall–Kier alpha value is -3.07. The van der Waals surface area contributed by atoms with Crippen molar-refractivity contribution in [1.29, 1.82) is 0 Å². The zero-order valence-corrected chi connectivity index (χ0v) is 15.3. The maximum atomic E-state index is 13.6. The van der Waals surface area contributed by atoms with Crippen LogP contribution in [-0.4, -0.2) is 24.8 Å². The van der Waals surface area contributed by atoms with Gasteiger partial charge in [0.05, 0.1) is 12.1 Å². The van der Waals surface area contributed by atoms with Crippen LogP contribution in [-0.2, 0) is 12.6 Å². The second kappa shape index (κ2) is 8.52. The average Bonchev–Trinajstić information content (AvgIpc) is 2.65. The normalized spacial score (nSPS) is 20.2. The minimum atomic E-state index is -4.64. The number of para-hydroxylation sites is 1. The predicted molar refractivity (Wildman–Crippen MR) is 102 cm³/mol. The lowest BCUT2D eigenvalue weighted by Gasteiger charge is -2.32. The first-order chi connectivity index (χ1) is 13.7. The second-order valence-corrected chi connectivity index (χ2v) is 6.56. The highest BCUT2D eigenvalue weighted by Gasteiger charge is 2.33. The first-order valence-corrected chi connectivity index (χ1v) is 8.84. The van der Waals surface area contributed by atoms with Gasteiger partial charge in [-0.25, -0.2) is 9.38 Å². The van der Waals surface area contributed by atoms with Gasteiger partial charge in [-0.15, -0.1) is 0 Å². The molecule has 5 nitrogen and oxygen atoms in total. The first-order valence-electron chi connectivity index (χ1n) is 8.84. The minimum Gasteiger partial charge on any atom is -0.492 e. The molecule has 0 bridgehead atoms. The van der Waals surface area contributed by atoms with Crippen molar-refractivity contribution in [2.75, 3.05) is 13.2 Å². The molecule has 29 heavy (non-hydrogen) atoms. The van der Waals surface area contributed by atoms with E-state index in [1.165, 1.54) is 6.20 Å². The molecule has 1 heterocycles. The second-order valence-electron chi connectivity index (χ2n) is 6.56. The fourth-order valence-electron chi connectivity index (χ4n) is 2.85. The minimum absolute atomic E-state index is 0.0639. The molecule has 0 radical (unpaired) electrons. The van der Waals surface area contributed by atoms with Gasteiger partial charge in [-0.3, -0.25) is 0 Å². The van der Waals surface area contributed by atoms with Crippen LogP contribution in [0.2, 0.25) is 0 Å². The fraction of sp³-hybridized carbons (Fsp3) is 0.250. The molecule has 9 heteroatoms. The van der Waals surface area contributed by atoms with Gasteiger partial charge in [-0.2, -0.15) is 13.2 Å². The van der Waals surface area contributed by atoms with E-state index >= 15 is 0 Å². The summed E-state index contributed by atoms with van der Waals surface area (Å²) in [6.45, 7) is 0.656. The molecule has 1 unspecified atom stereocenters. The summed E-state index contributed by atoms with van der Waals surface area (Å²) in [5.74, 6) is 0.0966. The molecular formula is C20H20F4N4O. The van der Waals surface area contributed by atoms with Gasteiger partial charge in [-0.05, 0) is 42.0 Å². The fourth-order valence-corrected chi connectivity index (χ4v) is 2.85. The van der Waals surface area contributed by atoms with Gasteiger partial charge in [-0.1, -0.05) is 18.2 Å². The molecule has 1 aliphatic heterocycles. The van der Waals surface area contributed by atoms with Gasteiger partial charge in [0, 0.05) is 12.6 Å². The van der Waals surface area contributed by atoms with Crippen molar-refractivity contribution < 1.29 is 22.3 Å². The van der Waals surface area contributed by atoms with Crippen molar-refractivity contribution in [2.24, 2.45) is 10.7 Å². The number of nitrogens with two attached hydrogens (primary N) is 1. The largest absolute Gasteiger partial charge is 0.492 e. The lowest BCUT2D eigenvalue weighted by molar-refractivity contribution is -0.137. The Bertz CT molecular complexity index is 899. The zero-order valence-electron chi connectivity index (χ0n) is 15.3. The average molecular weight is 408 g/mol. The molecule has 0 saturated carbocycles. The molecule has 1 aliphatic rings. The Morgan fingerprint density at radius 2 is 1.86 bits per heavy atom. The van der Waals surface area contributed by atoms with Crippen LogP contribution in [0.1, 0.15) is 11.1 Å². The van der Waals surface area contributed by atoms with Crippen molar-refractivity contribution in [3.05, 3.63) is 77.8 Å². The molecule has 1 atom stereocenters. The number of rotatable bonds is 6. The molecule has 3 rings (SSSR count). The van der Waals surface area contributed by atoms with Crippen LogP contribution in [0.4, 0.5) is 17.6 Å². The van der Waals surface area contributed by atoms with Gasteiger partial charge in [0.15, 0.2) is 5.96 Å². The number of nitrogens with zero attached hydrogens (tertiary/aromatic N) is 1. The van der Waals surface area contributed by atoms with Crippen LogP contribution in [0.25, 0.3) is 0 Å². The number of guanidine groups is 1. The zero-order chi connectivity index (χ0) is 20.9. The highest BCUT2D eigenvalue weighted by molar-refractivity contribution is 5.83. The predicted octanol–water partition coefficient (Wildman–Crippen LogP) is 3.18. The molecule has 2 aromatic carbocycles. The number of hydrogen-bond donors (Lipinski definition) is 3. The van der Waals surface area contributed by atoms with Gasteiger partial charge in [0.25, 0.3) is 0 Å². The van der Waals surface area contributed by atoms with Crippen LogP contribution in [0.15, 0.2) is 65.8 Å². The molecular weight excluding hydrogens is 388 g/mol. The van der Waals surface area contributed by atoms with Crippen LogP contribution in [0.5, 0.6) is 5.75 Å². The third kappa shape index (κ3) is 5.95. The van der Waals surface area contributed by atoms with Crippen molar-refractivity contribution in [1.82, 2.24) is 10.6 Å². The summed E-state index contributed by atoms with van der Waals surface area (Å²) in [5, 5.41) is 5.80. The maximum absolute atomic E-state index is 13.6. The summed E-state index contributed by atoms with van der Waals surface area (Å²) in [7, 11) is 0. The third-order valence-electron chi connectivity index (χ3n) is 4.11. The summed E-state index contributed by atoms with van der Waals surface area (Å²) in [4.78, 5) is 4.29. The van der Waals surface area contributed by atoms with E-state index < -0.39 is 23.2 Å². The number of aliphatic imine (C=N–C) groups is 1. The third-order valence-corrected chi connectivity index (χ3v) is 4.11. The van der Waals surface area contributed by atoms with E-state index in [2.05, 4.69) is 15.6 Å². The molecule has 4 N–H and O–H groups in total. The summed E-state index contributed by atoms with van der Waals surface area (Å²) in [5.41, 5.74) is 4.07. The number of alkyl halides is 3.